The van der Waals surface area contributed by atoms with Gasteiger partial charge in [0.05, 0.1) is 20.8 Å². The van der Waals surface area contributed by atoms with Crippen LogP contribution in [0.4, 0.5) is 0 Å². The predicted molar refractivity (Wildman–Crippen MR) is 72.6 cm³/mol. The van der Waals surface area contributed by atoms with E-state index < -0.39 is 0 Å². The number of ether oxygens (including phenoxy) is 2. The van der Waals surface area contributed by atoms with Crippen molar-refractivity contribution < 1.29 is 14.6 Å². The number of benzene rings is 1. The maximum absolute atomic E-state index is 9.18. The molecule has 102 valence electrons. The van der Waals surface area contributed by atoms with E-state index in [1.165, 1.54) is 0 Å². The van der Waals surface area contributed by atoms with Gasteiger partial charge in [-0.2, -0.15) is 0 Å². The van der Waals surface area contributed by atoms with Crippen LogP contribution in [-0.2, 0) is 6.54 Å². The first-order valence-electron chi connectivity index (χ1n) is 5.70. The highest BCUT2D eigenvalue weighted by atomic mass is 35.5. The van der Waals surface area contributed by atoms with E-state index in [1.807, 2.05) is 19.9 Å². The largest absolute Gasteiger partial charge is 0.493 e. The molecule has 0 spiro atoms. The smallest absolute Gasteiger partial charge is 0.162 e. The van der Waals surface area contributed by atoms with Gasteiger partial charge >= 0.3 is 0 Å². The Balaban J connectivity index is 2.89. The summed E-state index contributed by atoms with van der Waals surface area (Å²) >= 11 is 6.17. The molecule has 0 aliphatic heterocycles. The molecule has 0 saturated carbocycles. The molecule has 0 saturated heterocycles. The fourth-order valence-corrected chi connectivity index (χ4v) is 1.64. The van der Waals surface area contributed by atoms with E-state index in [0.29, 0.717) is 23.1 Å². The third-order valence-corrected chi connectivity index (χ3v) is 3.06. The van der Waals surface area contributed by atoms with Crippen LogP contribution in [0.5, 0.6) is 11.5 Å². The van der Waals surface area contributed by atoms with Gasteiger partial charge in [-0.25, -0.2) is 0 Å². The minimum Gasteiger partial charge on any atom is -0.493 e. The van der Waals surface area contributed by atoms with Gasteiger partial charge in [-0.05, 0) is 25.5 Å². The Morgan fingerprint density at radius 2 is 1.78 bits per heavy atom. The molecule has 0 radical (unpaired) electrons. The maximum Gasteiger partial charge on any atom is 0.162 e. The summed E-state index contributed by atoms with van der Waals surface area (Å²) in [6, 6.07) is 3.56. The van der Waals surface area contributed by atoms with Gasteiger partial charge in [-0.1, -0.05) is 11.6 Å². The van der Waals surface area contributed by atoms with Crippen LogP contribution in [0.15, 0.2) is 12.1 Å². The Hall–Kier alpha value is -0.970. The van der Waals surface area contributed by atoms with Gasteiger partial charge in [0, 0.05) is 23.2 Å². The molecule has 4 nitrogen and oxygen atoms in total. The van der Waals surface area contributed by atoms with Crippen LogP contribution in [0.2, 0.25) is 5.02 Å². The molecule has 0 aliphatic carbocycles. The van der Waals surface area contributed by atoms with Gasteiger partial charge in [0.2, 0.25) is 0 Å². The van der Waals surface area contributed by atoms with Crippen molar-refractivity contribution in [3.05, 3.63) is 22.7 Å². The third-order valence-electron chi connectivity index (χ3n) is 2.71. The molecular weight excluding hydrogens is 254 g/mol. The van der Waals surface area contributed by atoms with Gasteiger partial charge < -0.3 is 19.9 Å². The van der Waals surface area contributed by atoms with Crippen molar-refractivity contribution in [1.82, 2.24) is 5.32 Å². The first-order chi connectivity index (χ1) is 8.43. The Morgan fingerprint density at radius 3 is 2.28 bits per heavy atom. The minimum atomic E-state index is -0.351. The summed E-state index contributed by atoms with van der Waals surface area (Å²) in [7, 11) is 3.15. The summed E-state index contributed by atoms with van der Waals surface area (Å²) < 4.78 is 10.4. The second-order valence-corrected chi connectivity index (χ2v) is 5.10. The number of aliphatic hydroxyl groups is 1. The van der Waals surface area contributed by atoms with Crippen molar-refractivity contribution in [1.29, 1.82) is 0 Å². The lowest BCUT2D eigenvalue weighted by Crippen LogP contribution is -2.42. The molecule has 1 aromatic rings. The highest BCUT2D eigenvalue weighted by Crippen LogP contribution is 2.33. The number of rotatable bonds is 6. The van der Waals surface area contributed by atoms with Gasteiger partial charge in [-0.15, -0.1) is 0 Å². The summed E-state index contributed by atoms with van der Waals surface area (Å²) in [6.07, 6.45) is 0. The van der Waals surface area contributed by atoms with Crippen molar-refractivity contribution in [3.8, 4) is 11.5 Å². The summed E-state index contributed by atoms with van der Waals surface area (Å²) in [5.41, 5.74) is 0.548. The van der Waals surface area contributed by atoms with Crippen LogP contribution >= 0.6 is 11.6 Å². The van der Waals surface area contributed by atoms with Crippen LogP contribution in [-0.4, -0.2) is 31.5 Å². The van der Waals surface area contributed by atoms with E-state index >= 15 is 0 Å². The van der Waals surface area contributed by atoms with E-state index in [2.05, 4.69) is 5.32 Å². The number of methoxy groups -OCH3 is 2. The first kappa shape index (κ1) is 15.1. The van der Waals surface area contributed by atoms with Crippen molar-refractivity contribution in [2.75, 3.05) is 20.8 Å². The highest BCUT2D eigenvalue weighted by molar-refractivity contribution is 6.31. The molecule has 0 amide bonds. The Kier molecular flexibility index (Phi) is 5.26. The number of hydrogen-bond donors (Lipinski definition) is 2. The zero-order chi connectivity index (χ0) is 13.8. The first-order valence-corrected chi connectivity index (χ1v) is 6.07. The van der Waals surface area contributed by atoms with Crippen molar-refractivity contribution >= 4 is 11.6 Å². The minimum absolute atomic E-state index is 0.0535. The van der Waals surface area contributed by atoms with Gasteiger partial charge in [0.15, 0.2) is 11.5 Å². The third kappa shape index (κ3) is 3.77. The number of hydrogen-bond acceptors (Lipinski definition) is 4. The topological polar surface area (TPSA) is 50.7 Å². The molecule has 1 rings (SSSR count). The molecule has 2 N–H and O–H groups in total. The molecule has 0 heterocycles. The predicted octanol–water partition coefficient (Wildman–Crippen LogP) is 2.22. The molecular formula is C13H20ClNO3. The van der Waals surface area contributed by atoms with Crippen LogP contribution < -0.4 is 14.8 Å². The van der Waals surface area contributed by atoms with E-state index in [1.54, 1.807) is 20.3 Å². The van der Waals surface area contributed by atoms with E-state index in [0.717, 1.165) is 5.56 Å². The Labute approximate surface area is 113 Å². The summed E-state index contributed by atoms with van der Waals surface area (Å²) in [5.74, 6) is 1.24. The Bertz CT molecular complexity index is 407. The normalized spacial score (nSPS) is 11.4. The second-order valence-electron chi connectivity index (χ2n) is 4.69. The zero-order valence-corrected chi connectivity index (χ0v) is 12.0. The maximum atomic E-state index is 9.18. The molecule has 0 fully saturated rings. The number of aliphatic hydroxyl groups excluding tert-OH is 1. The molecule has 0 aromatic heterocycles. The number of nitrogens with one attached hydrogen (secondary N) is 1. The van der Waals surface area contributed by atoms with E-state index in [-0.39, 0.29) is 12.1 Å². The number of halogens is 1. The molecule has 0 bridgehead atoms. The van der Waals surface area contributed by atoms with Crippen LogP contribution in [0.1, 0.15) is 19.4 Å². The fraction of sp³-hybridized carbons (Fsp3) is 0.538. The van der Waals surface area contributed by atoms with E-state index in [4.69, 9.17) is 21.1 Å². The molecule has 0 aliphatic rings. The average molecular weight is 274 g/mol. The van der Waals surface area contributed by atoms with Gasteiger partial charge in [0.1, 0.15) is 0 Å². The van der Waals surface area contributed by atoms with Crippen LogP contribution in [0.3, 0.4) is 0 Å². The molecule has 5 heteroatoms. The highest BCUT2D eigenvalue weighted by Gasteiger charge is 2.17. The van der Waals surface area contributed by atoms with Crippen molar-refractivity contribution in [3.63, 3.8) is 0 Å². The van der Waals surface area contributed by atoms with Crippen LogP contribution in [0, 0.1) is 0 Å². The zero-order valence-electron chi connectivity index (χ0n) is 11.2. The SMILES string of the molecule is COc1cc(Cl)c(CNC(C)(C)CO)cc1OC. The van der Waals surface area contributed by atoms with Crippen molar-refractivity contribution in [2.24, 2.45) is 0 Å². The summed E-state index contributed by atoms with van der Waals surface area (Å²) in [4.78, 5) is 0. The van der Waals surface area contributed by atoms with E-state index in [9.17, 15) is 5.11 Å². The molecule has 0 unspecified atom stereocenters. The summed E-state index contributed by atoms with van der Waals surface area (Å²) in [5, 5.41) is 13.0. The lowest BCUT2D eigenvalue weighted by molar-refractivity contribution is 0.187. The van der Waals surface area contributed by atoms with Crippen molar-refractivity contribution in [2.45, 2.75) is 25.9 Å². The molecule has 18 heavy (non-hydrogen) atoms. The lowest BCUT2D eigenvalue weighted by Gasteiger charge is -2.24. The second kappa shape index (κ2) is 6.27. The molecule has 0 atom stereocenters. The fourth-order valence-electron chi connectivity index (χ4n) is 1.42. The van der Waals surface area contributed by atoms with Gasteiger partial charge in [-0.3, -0.25) is 0 Å². The Morgan fingerprint density at radius 1 is 1.22 bits per heavy atom. The average Bonchev–Trinajstić information content (AvgIpc) is 2.36. The monoisotopic (exact) mass is 273 g/mol. The van der Waals surface area contributed by atoms with Gasteiger partial charge in [0.25, 0.3) is 0 Å². The van der Waals surface area contributed by atoms with Crippen LogP contribution in [0.25, 0.3) is 0 Å². The summed E-state index contributed by atoms with van der Waals surface area (Å²) in [6.45, 7) is 4.44. The quantitative estimate of drug-likeness (QED) is 0.834. The standard InChI is InChI=1S/C13H20ClNO3/c1-13(2,8-16)15-7-9-5-11(17-3)12(18-4)6-10(9)14/h5-6,15-16H,7-8H2,1-4H3. The molecule has 1 aromatic carbocycles. The lowest BCUT2D eigenvalue weighted by atomic mass is 10.1.